The Morgan fingerprint density at radius 1 is 1.17 bits per heavy atom. The van der Waals surface area contributed by atoms with Gasteiger partial charge in [-0.1, -0.05) is 32.0 Å². The maximum atomic E-state index is 12.6. The van der Waals surface area contributed by atoms with E-state index in [1.807, 2.05) is 42.2 Å². The molecule has 162 valence electrons. The summed E-state index contributed by atoms with van der Waals surface area (Å²) in [5.41, 5.74) is 0. The largest absolute Gasteiger partial charge is 0.489 e. The third-order valence-electron chi connectivity index (χ3n) is 5.41. The fourth-order valence-corrected chi connectivity index (χ4v) is 3.64. The van der Waals surface area contributed by atoms with Gasteiger partial charge in [0.1, 0.15) is 11.9 Å². The molecule has 2 rings (SSSR count). The van der Waals surface area contributed by atoms with E-state index in [0.29, 0.717) is 18.5 Å². The summed E-state index contributed by atoms with van der Waals surface area (Å²) in [6, 6.07) is 10.2. The molecule has 0 bridgehead atoms. The average molecular weight is 403 g/mol. The van der Waals surface area contributed by atoms with E-state index in [9.17, 15) is 4.79 Å². The Hall–Kier alpha value is -2.24. The van der Waals surface area contributed by atoms with E-state index >= 15 is 0 Å². The van der Waals surface area contributed by atoms with Crippen LogP contribution in [0, 0.1) is 5.92 Å². The molecule has 1 unspecified atom stereocenters. The zero-order chi connectivity index (χ0) is 21.1. The predicted octanol–water partition coefficient (Wildman–Crippen LogP) is 3.44. The van der Waals surface area contributed by atoms with Crippen molar-refractivity contribution >= 4 is 11.9 Å². The van der Waals surface area contributed by atoms with Crippen LogP contribution < -0.4 is 15.4 Å². The van der Waals surface area contributed by atoms with E-state index < -0.39 is 0 Å². The number of guanidine groups is 1. The summed E-state index contributed by atoms with van der Waals surface area (Å²) in [6.45, 7) is 11.3. The van der Waals surface area contributed by atoms with Crippen molar-refractivity contribution in [2.45, 2.75) is 65.5 Å². The van der Waals surface area contributed by atoms with Crippen LogP contribution in [0.3, 0.4) is 0 Å². The average Bonchev–Trinajstić information content (AvgIpc) is 2.74. The molecule has 1 aromatic carbocycles. The second kappa shape index (κ2) is 12.3. The van der Waals surface area contributed by atoms with Gasteiger partial charge in [0, 0.05) is 31.6 Å². The van der Waals surface area contributed by atoms with Gasteiger partial charge in [0.15, 0.2) is 5.96 Å². The second-order valence-electron chi connectivity index (χ2n) is 7.72. The van der Waals surface area contributed by atoms with Gasteiger partial charge >= 0.3 is 0 Å². The molecule has 2 N–H and O–H groups in total. The standard InChI is InChI=1S/C23H38N4O2/c1-5-19(6-2)22(28)27-15-13-20(14-16-27)26-23(24-7-3)25-17-18(4)29-21-11-9-8-10-12-21/h8-12,18-20H,5-7,13-17H2,1-4H3,(H2,24,25,26). The molecule has 1 aromatic rings. The Balaban J connectivity index is 1.82. The molecule has 1 aliphatic heterocycles. The number of carbonyl (C=O) groups excluding carboxylic acids is 1. The zero-order valence-electron chi connectivity index (χ0n) is 18.5. The maximum absolute atomic E-state index is 12.6. The number of hydrogen-bond donors (Lipinski definition) is 2. The normalized spacial score (nSPS) is 16.6. The Bertz CT molecular complexity index is 623. The number of para-hydroxylation sites is 1. The quantitative estimate of drug-likeness (QED) is 0.491. The van der Waals surface area contributed by atoms with E-state index in [2.05, 4.69) is 31.4 Å². The number of ether oxygens (including phenoxy) is 1. The minimum Gasteiger partial charge on any atom is -0.489 e. The summed E-state index contributed by atoms with van der Waals surface area (Å²) in [7, 11) is 0. The van der Waals surface area contributed by atoms with Crippen LogP contribution in [-0.2, 0) is 4.79 Å². The Morgan fingerprint density at radius 3 is 2.41 bits per heavy atom. The molecule has 6 heteroatoms. The first-order valence-corrected chi connectivity index (χ1v) is 11.1. The van der Waals surface area contributed by atoms with E-state index in [4.69, 9.17) is 9.73 Å². The lowest BCUT2D eigenvalue weighted by atomic mass is 9.98. The lowest BCUT2D eigenvalue weighted by Gasteiger charge is -2.35. The van der Waals surface area contributed by atoms with Crippen LogP contribution in [0.5, 0.6) is 5.75 Å². The minimum absolute atomic E-state index is 0.00709. The lowest BCUT2D eigenvalue weighted by molar-refractivity contribution is -0.136. The molecule has 1 atom stereocenters. The summed E-state index contributed by atoms with van der Waals surface area (Å²) < 4.78 is 5.91. The first kappa shape index (κ1) is 23.0. The molecular formula is C23H38N4O2. The number of nitrogens with zero attached hydrogens (tertiary/aromatic N) is 2. The zero-order valence-corrected chi connectivity index (χ0v) is 18.5. The van der Waals surface area contributed by atoms with E-state index in [1.54, 1.807) is 0 Å². The monoisotopic (exact) mass is 402 g/mol. The highest BCUT2D eigenvalue weighted by Gasteiger charge is 2.26. The molecular weight excluding hydrogens is 364 g/mol. The molecule has 0 spiro atoms. The van der Waals surface area contributed by atoms with Gasteiger partial charge in [-0.2, -0.15) is 0 Å². The Kier molecular flexibility index (Phi) is 9.81. The van der Waals surface area contributed by atoms with Crippen molar-refractivity contribution in [2.75, 3.05) is 26.2 Å². The van der Waals surface area contributed by atoms with Gasteiger partial charge in [-0.05, 0) is 51.7 Å². The van der Waals surface area contributed by atoms with E-state index in [0.717, 1.165) is 57.0 Å². The van der Waals surface area contributed by atoms with Gasteiger partial charge in [-0.15, -0.1) is 0 Å². The second-order valence-corrected chi connectivity index (χ2v) is 7.72. The third-order valence-corrected chi connectivity index (χ3v) is 5.41. The number of amides is 1. The maximum Gasteiger partial charge on any atom is 0.225 e. The molecule has 29 heavy (non-hydrogen) atoms. The van der Waals surface area contributed by atoms with Crippen LogP contribution in [0.4, 0.5) is 0 Å². The minimum atomic E-state index is -0.00709. The first-order valence-electron chi connectivity index (χ1n) is 11.1. The van der Waals surface area contributed by atoms with E-state index in [1.165, 1.54) is 0 Å². The van der Waals surface area contributed by atoms with E-state index in [-0.39, 0.29) is 12.0 Å². The molecule has 0 radical (unpaired) electrons. The van der Waals surface area contributed by atoms with Crippen molar-refractivity contribution < 1.29 is 9.53 Å². The van der Waals surface area contributed by atoms with Crippen molar-refractivity contribution in [3.05, 3.63) is 30.3 Å². The number of likely N-dealkylation sites (tertiary alicyclic amines) is 1. The van der Waals surface area contributed by atoms with Crippen LogP contribution in [0.15, 0.2) is 35.3 Å². The summed E-state index contributed by atoms with van der Waals surface area (Å²) >= 11 is 0. The molecule has 1 fully saturated rings. The number of nitrogens with one attached hydrogen (secondary N) is 2. The smallest absolute Gasteiger partial charge is 0.225 e. The Morgan fingerprint density at radius 2 is 1.83 bits per heavy atom. The summed E-state index contributed by atoms with van der Waals surface area (Å²) in [5, 5.41) is 6.86. The number of carbonyl (C=O) groups is 1. The van der Waals surface area contributed by atoms with Crippen LogP contribution in [0.1, 0.15) is 53.4 Å². The first-order chi connectivity index (χ1) is 14.1. The van der Waals surface area contributed by atoms with Crippen molar-refractivity contribution in [1.29, 1.82) is 0 Å². The molecule has 0 aromatic heterocycles. The van der Waals surface area contributed by atoms with Gasteiger partial charge in [0.25, 0.3) is 0 Å². The van der Waals surface area contributed by atoms with Crippen LogP contribution in [0.2, 0.25) is 0 Å². The number of benzene rings is 1. The summed E-state index contributed by atoms with van der Waals surface area (Å²) in [5.74, 6) is 2.17. The summed E-state index contributed by atoms with van der Waals surface area (Å²) in [6.07, 6.45) is 3.74. The topological polar surface area (TPSA) is 66.0 Å². The lowest BCUT2D eigenvalue weighted by Crippen LogP contribution is -2.50. The fourth-order valence-electron chi connectivity index (χ4n) is 3.64. The van der Waals surface area contributed by atoms with Crippen molar-refractivity contribution in [2.24, 2.45) is 10.9 Å². The number of rotatable bonds is 9. The molecule has 0 saturated carbocycles. The Labute approximate surface area is 176 Å². The fraction of sp³-hybridized carbons (Fsp3) is 0.652. The highest BCUT2D eigenvalue weighted by atomic mass is 16.5. The van der Waals surface area contributed by atoms with Crippen molar-refractivity contribution in [3.8, 4) is 5.75 Å². The highest BCUT2D eigenvalue weighted by molar-refractivity contribution is 5.80. The molecule has 1 heterocycles. The molecule has 6 nitrogen and oxygen atoms in total. The summed E-state index contributed by atoms with van der Waals surface area (Å²) in [4.78, 5) is 19.3. The molecule has 0 aliphatic carbocycles. The van der Waals surface area contributed by atoms with Crippen molar-refractivity contribution in [3.63, 3.8) is 0 Å². The van der Waals surface area contributed by atoms with Crippen LogP contribution in [0.25, 0.3) is 0 Å². The number of piperidine rings is 1. The third kappa shape index (κ3) is 7.59. The van der Waals surface area contributed by atoms with Gasteiger partial charge in [0.2, 0.25) is 5.91 Å². The van der Waals surface area contributed by atoms with Gasteiger partial charge in [-0.3, -0.25) is 4.79 Å². The van der Waals surface area contributed by atoms with Crippen molar-refractivity contribution in [1.82, 2.24) is 15.5 Å². The van der Waals surface area contributed by atoms with Gasteiger partial charge < -0.3 is 20.3 Å². The van der Waals surface area contributed by atoms with Crippen LogP contribution >= 0.6 is 0 Å². The highest BCUT2D eigenvalue weighted by Crippen LogP contribution is 2.17. The van der Waals surface area contributed by atoms with Crippen LogP contribution in [-0.4, -0.2) is 55.1 Å². The predicted molar refractivity (Wildman–Crippen MR) is 119 cm³/mol. The molecule has 1 saturated heterocycles. The number of aliphatic imine (C=N–C) groups is 1. The van der Waals surface area contributed by atoms with Gasteiger partial charge in [-0.25, -0.2) is 4.99 Å². The van der Waals surface area contributed by atoms with Gasteiger partial charge in [0.05, 0.1) is 6.54 Å². The molecule has 1 aliphatic rings. The SMILES string of the molecule is CCNC(=NCC(C)Oc1ccccc1)NC1CCN(C(=O)C(CC)CC)CC1. The number of hydrogen-bond acceptors (Lipinski definition) is 3. The molecule has 1 amide bonds.